The van der Waals surface area contributed by atoms with Crippen molar-refractivity contribution in [1.82, 2.24) is 10.2 Å². The van der Waals surface area contributed by atoms with E-state index in [9.17, 15) is 19.5 Å². The number of aliphatic hydroxyl groups is 1. The molecule has 3 aromatic rings. The molecule has 0 aliphatic carbocycles. The summed E-state index contributed by atoms with van der Waals surface area (Å²) in [7, 11) is 0. The number of carbonyl (C=O) groups is 2. The molecule has 0 saturated heterocycles. The lowest BCUT2D eigenvalue weighted by Gasteiger charge is -2.31. The van der Waals surface area contributed by atoms with E-state index in [0.29, 0.717) is 24.4 Å². The fourth-order valence-corrected chi connectivity index (χ4v) is 3.87. The number of aryl methyl sites for hydroxylation is 1. The summed E-state index contributed by atoms with van der Waals surface area (Å²) in [4.78, 5) is 38.4. The van der Waals surface area contributed by atoms with Gasteiger partial charge in [-0.25, -0.2) is 4.79 Å². The second-order valence-corrected chi connectivity index (χ2v) is 7.78. The number of aliphatic hydroxyl groups excluding tert-OH is 1. The molecule has 1 aliphatic rings. The van der Waals surface area contributed by atoms with E-state index in [1.165, 1.54) is 17.7 Å². The molecule has 2 N–H and O–H groups in total. The topological polar surface area (TPSA) is 109 Å². The van der Waals surface area contributed by atoms with E-state index < -0.39 is 24.2 Å². The van der Waals surface area contributed by atoms with Gasteiger partial charge in [-0.3, -0.25) is 9.59 Å². The van der Waals surface area contributed by atoms with Crippen molar-refractivity contribution in [2.45, 2.75) is 25.9 Å². The molecule has 2 heterocycles. The summed E-state index contributed by atoms with van der Waals surface area (Å²) in [5.74, 6) is -0.528. The molecule has 32 heavy (non-hydrogen) atoms. The van der Waals surface area contributed by atoms with Crippen LogP contribution in [0.4, 0.5) is 0 Å². The third kappa shape index (κ3) is 4.65. The molecular weight excluding hydrogens is 412 g/mol. The molecule has 0 spiro atoms. The largest absolute Gasteiger partial charge is 0.484 e. The first-order valence-electron chi connectivity index (χ1n) is 10.4. The minimum atomic E-state index is -1.05. The van der Waals surface area contributed by atoms with E-state index in [4.69, 9.17) is 9.15 Å². The second kappa shape index (κ2) is 9.23. The van der Waals surface area contributed by atoms with E-state index in [0.717, 1.165) is 22.9 Å². The predicted octanol–water partition coefficient (Wildman–Crippen LogP) is 1.54. The molecule has 1 unspecified atom stereocenters. The SMILES string of the molecule is Cc1cc(=O)oc2cc(OCC(=O)NC(CO)C(=O)N3CCc4ccccc4C3)ccc12. The monoisotopic (exact) mass is 436 g/mol. The van der Waals surface area contributed by atoms with Crippen LogP contribution in [0.5, 0.6) is 5.75 Å². The molecule has 166 valence electrons. The summed E-state index contributed by atoms with van der Waals surface area (Å²) in [6, 6.07) is 13.2. The summed E-state index contributed by atoms with van der Waals surface area (Å²) >= 11 is 0. The number of ether oxygens (including phenoxy) is 1. The van der Waals surface area contributed by atoms with Gasteiger partial charge in [0.15, 0.2) is 6.61 Å². The maximum Gasteiger partial charge on any atom is 0.336 e. The number of carbonyl (C=O) groups excluding carboxylic acids is 2. The number of hydrogen-bond donors (Lipinski definition) is 2. The van der Waals surface area contributed by atoms with Crippen molar-refractivity contribution in [1.29, 1.82) is 0 Å². The lowest BCUT2D eigenvalue weighted by molar-refractivity contribution is -0.138. The highest BCUT2D eigenvalue weighted by Gasteiger charge is 2.28. The fourth-order valence-electron chi connectivity index (χ4n) is 3.87. The highest BCUT2D eigenvalue weighted by Crippen LogP contribution is 2.22. The van der Waals surface area contributed by atoms with Crippen LogP contribution in [-0.4, -0.2) is 47.6 Å². The Kier molecular flexibility index (Phi) is 6.23. The van der Waals surface area contributed by atoms with Crippen molar-refractivity contribution in [2.24, 2.45) is 0 Å². The summed E-state index contributed by atoms with van der Waals surface area (Å²) in [6.07, 6.45) is 0.731. The van der Waals surface area contributed by atoms with Crippen molar-refractivity contribution in [3.63, 3.8) is 0 Å². The van der Waals surface area contributed by atoms with Crippen LogP contribution in [0.1, 0.15) is 16.7 Å². The van der Waals surface area contributed by atoms with E-state index in [1.54, 1.807) is 24.0 Å². The molecule has 4 rings (SSSR count). The Bertz CT molecular complexity index is 1220. The highest BCUT2D eigenvalue weighted by molar-refractivity contribution is 5.88. The maximum atomic E-state index is 12.8. The fraction of sp³-hybridized carbons (Fsp3) is 0.292. The van der Waals surface area contributed by atoms with Gasteiger partial charge in [-0.1, -0.05) is 24.3 Å². The molecule has 0 fully saturated rings. The van der Waals surface area contributed by atoms with Crippen molar-refractivity contribution in [3.8, 4) is 5.75 Å². The number of nitrogens with one attached hydrogen (secondary N) is 1. The smallest absolute Gasteiger partial charge is 0.336 e. The van der Waals surface area contributed by atoms with Gasteiger partial charge < -0.3 is 24.5 Å². The van der Waals surface area contributed by atoms with E-state index in [1.807, 2.05) is 24.3 Å². The Morgan fingerprint density at radius 3 is 2.75 bits per heavy atom. The van der Waals surface area contributed by atoms with E-state index >= 15 is 0 Å². The van der Waals surface area contributed by atoms with Gasteiger partial charge >= 0.3 is 5.63 Å². The average Bonchev–Trinajstić information content (AvgIpc) is 2.80. The molecule has 0 bridgehead atoms. The van der Waals surface area contributed by atoms with Crippen LogP contribution in [0.25, 0.3) is 11.0 Å². The number of benzene rings is 2. The minimum absolute atomic E-state index is 0.335. The summed E-state index contributed by atoms with van der Waals surface area (Å²) < 4.78 is 10.7. The van der Waals surface area contributed by atoms with Crippen LogP contribution in [0, 0.1) is 6.92 Å². The predicted molar refractivity (Wildman–Crippen MR) is 117 cm³/mol. The number of hydrogen-bond acceptors (Lipinski definition) is 6. The van der Waals surface area contributed by atoms with Gasteiger partial charge in [0, 0.05) is 30.6 Å². The van der Waals surface area contributed by atoms with Gasteiger partial charge in [0.2, 0.25) is 5.91 Å². The average molecular weight is 436 g/mol. The molecule has 1 atom stereocenters. The second-order valence-electron chi connectivity index (χ2n) is 7.78. The minimum Gasteiger partial charge on any atom is -0.484 e. The molecule has 2 aromatic carbocycles. The lowest BCUT2D eigenvalue weighted by Crippen LogP contribution is -2.52. The molecule has 0 radical (unpaired) electrons. The first kappa shape index (κ1) is 21.6. The third-order valence-electron chi connectivity index (χ3n) is 5.55. The van der Waals surface area contributed by atoms with Crippen LogP contribution < -0.4 is 15.7 Å². The van der Waals surface area contributed by atoms with Crippen molar-refractivity contribution < 1.29 is 23.8 Å². The zero-order valence-corrected chi connectivity index (χ0v) is 17.7. The quantitative estimate of drug-likeness (QED) is 0.568. The summed E-state index contributed by atoms with van der Waals surface area (Å²) in [6.45, 7) is 1.91. The molecular formula is C24H24N2O6. The van der Waals surface area contributed by atoms with Crippen LogP contribution in [0.2, 0.25) is 0 Å². The highest BCUT2D eigenvalue weighted by atomic mass is 16.5. The van der Waals surface area contributed by atoms with Crippen LogP contribution in [0.3, 0.4) is 0 Å². The third-order valence-corrected chi connectivity index (χ3v) is 5.55. The number of fused-ring (bicyclic) bond motifs is 2. The number of rotatable bonds is 6. The number of amides is 2. The molecule has 8 nitrogen and oxygen atoms in total. The van der Waals surface area contributed by atoms with Gasteiger partial charge in [0.25, 0.3) is 5.91 Å². The van der Waals surface area contributed by atoms with Gasteiger partial charge in [-0.05, 0) is 42.2 Å². The molecule has 2 amide bonds. The van der Waals surface area contributed by atoms with Crippen molar-refractivity contribution in [2.75, 3.05) is 19.8 Å². The Labute approximate surface area is 184 Å². The van der Waals surface area contributed by atoms with Gasteiger partial charge in [-0.2, -0.15) is 0 Å². The number of nitrogens with zero attached hydrogens (tertiary/aromatic N) is 1. The Morgan fingerprint density at radius 1 is 1.19 bits per heavy atom. The standard InChI is InChI=1S/C24H24N2O6/c1-15-10-23(29)32-21-11-18(6-7-19(15)21)31-14-22(28)25-20(13-27)24(30)26-9-8-16-4-2-3-5-17(16)12-26/h2-7,10-11,20,27H,8-9,12-14H2,1H3,(H,25,28). The van der Waals surface area contributed by atoms with Crippen molar-refractivity contribution >= 4 is 22.8 Å². The zero-order valence-electron chi connectivity index (χ0n) is 17.7. The van der Waals surface area contributed by atoms with Crippen LogP contribution in [-0.2, 0) is 22.6 Å². The first-order chi connectivity index (χ1) is 15.4. The summed E-state index contributed by atoms with van der Waals surface area (Å²) in [5.41, 5.74) is 2.95. The Hall–Kier alpha value is -3.65. The molecule has 0 saturated carbocycles. The van der Waals surface area contributed by atoms with Crippen LogP contribution in [0.15, 0.2) is 57.7 Å². The maximum absolute atomic E-state index is 12.8. The van der Waals surface area contributed by atoms with Crippen LogP contribution >= 0.6 is 0 Å². The molecule has 1 aliphatic heterocycles. The summed E-state index contributed by atoms with van der Waals surface area (Å²) in [5, 5.41) is 13.0. The van der Waals surface area contributed by atoms with Gasteiger partial charge in [0.05, 0.1) is 6.61 Å². The Morgan fingerprint density at radius 2 is 1.97 bits per heavy atom. The normalized spacial score (nSPS) is 14.0. The zero-order chi connectivity index (χ0) is 22.7. The van der Waals surface area contributed by atoms with E-state index in [2.05, 4.69) is 5.32 Å². The first-order valence-corrected chi connectivity index (χ1v) is 10.4. The van der Waals surface area contributed by atoms with E-state index in [-0.39, 0.29) is 12.5 Å². The van der Waals surface area contributed by atoms with Gasteiger partial charge in [0.1, 0.15) is 17.4 Å². The Balaban J connectivity index is 1.36. The van der Waals surface area contributed by atoms with Gasteiger partial charge in [-0.15, -0.1) is 0 Å². The molecule has 1 aromatic heterocycles. The molecule has 8 heteroatoms. The lowest BCUT2D eigenvalue weighted by atomic mass is 9.99. The van der Waals surface area contributed by atoms with Crippen molar-refractivity contribution in [3.05, 3.63) is 75.6 Å².